The van der Waals surface area contributed by atoms with Crippen LogP contribution in [0.15, 0.2) is 111 Å². The van der Waals surface area contributed by atoms with Crippen molar-refractivity contribution in [2.24, 2.45) is 20.0 Å². The molecule has 140 valence electrons. The van der Waals surface area contributed by atoms with Crippen LogP contribution in [-0.4, -0.2) is 49.3 Å². The van der Waals surface area contributed by atoms with E-state index in [9.17, 15) is 0 Å². The third kappa shape index (κ3) is 3.42. The van der Waals surface area contributed by atoms with Gasteiger partial charge in [-0.15, -0.1) is 0 Å². The second-order valence-corrected chi connectivity index (χ2v) is 27.2. The third-order valence-electron chi connectivity index (χ3n) is 5.06. The Kier molecular flexibility index (Phi) is 5.24. The van der Waals surface area contributed by atoms with Gasteiger partial charge in [-0.05, 0) is 0 Å². The summed E-state index contributed by atoms with van der Waals surface area (Å²) in [5.41, 5.74) is 0. The monoisotopic (exact) mass is 590 g/mol. The molecule has 0 fully saturated rings. The third-order valence-corrected chi connectivity index (χ3v) is 31.5. The Morgan fingerprint density at radius 1 is 0.621 bits per heavy atom. The molecule has 0 saturated carbocycles. The van der Waals surface area contributed by atoms with E-state index >= 15 is 0 Å². The van der Waals surface area contributed by atoms with Crippen molar-refractivity contribution in [3.05, 3.63) is 91.0 Å². The Morgan fingerprint density at radius 2 is 1.14 bits per heavy atom. The van der Waals surface area contributed by atoms with Gasteiger partial charge < -0.3 is 0 Å². The van der Waals surface area contributed by atoms with E-state index in [1.807, 2.05) is 8.31 Å². The molecule has 0 aliphatic carbocycles. The van der Waals surface area contributed by atoms with Crippen molar-refractivity contribution in [1.82, 2.24) is 0 Å². The molecule has 4 nitrogen and oxygen atoms in total. The molecule has 5 rings (SSSR count). The first-order chi connectivity index (χ1) is 14.4. The van der Waals surface area contributed by atoms with Crippen LogP contribution >= 0.6 is 8.31 Å². The van der Waals surface area contributed by atoms with E-state index in [-0.39, 0.29) is 6.04 Å². The predicted molar refractivity (Wildman–Crippen MR) is 127 cm³/mol. The normalized spacial score (nSPS) is 17.6. The average Bonchev–Trinajstić information content (AvgIpc) is 3.29. The molecule has 2 heterocycles. The molecule has 0 N–H and O–H groups in total. The topological polar surface area (TPSA) is 49.4 Å². The zero-order chi connectivity index (χ0) is 19.5. The van der Waals surface area contributed by atoms with Crippen LogP contribution in [0.25, 0.3) is 0 Å². The number of hydrogen-bond acceptors (Lipinski definition) is 5. The molecular weight excluding hydrogens is 572 g/mol. The van der Waals surface area contributed by atoms with Crippen LogP contribution in [0.5, 0.6) is 0 Å². The second-order valence-electron chi connectivity index (χ2n) is 6.75. The van der Waals surface area contributed by atoms with Crippen LogP contribution in [-0.2, 0) is 0 Å². The SMILES string of the molecule is C1=NC2=NC=NC2C([S][Pb]([c]2ccccc2)([c]2ccccc2)[c]2ccccc2)=N1. The molecule has 1 atom stereocenters. The van der Waals surface area contributed by atoms with Crippen molar-refractivity contribution >= 4 is 60.9 Å². The Balaban J connectivity index is 1.74. The first-order valence-electron chi connectivity index (χ1n) is 9.43. The van der Waals surface area contributed by atoms with Crippen LogP contribution in [0, 0.1) is 0 Å². The summed E-state index contributed by atoms with van der Waals surface area (Å²) in [5, 5.41) is 0.991. The van der Waals surface area contributed by atoms with Crippen molar-refractivity contribution in [2.75, 3.05) is 0 Å². The van der Waals surface area contributed by atoms with Gasteiger partial charge in [0.15, 0.2) is 0 Å². The van der Waals surface area contributed by atoms with Gasteiger partial charge in [-0.2, -0.15) is 0 Å². The molecule has 0 radical (unpaired) electrons. The number of nitrogens with zero attached hydrogens (tertiary/aromatic N) is 4. The molecule has 6 heteroatoms. The fourth-order valence-electron chi connectivity index (χ4n) is 3.72. The summed E-state index contributed by atoms with van der Waals surface area (Å²) >= 11 is -3.68. The van der Waals surface area contributed by atoms with Crippen molar-refractivity contribution in [3.8, 4) is 0 Å². The number of amidine groups is 1. The van der Waals surface area contributed by atoms with Crippen LogP contribution in [0.2, 0.25) is 0 Å². The van der Waals surface area contributed by atoms with Gasteiger partial charge in [0.25, 0.3) is 0 Å². The first kappa shape index (κ1) is 18.6. The first-order valence-corrected chi connectivity index (χ1v) is 20.8. The molecule has 2 aliphatic rings. The molecule has 0 saturated heterocycles. The Bertz CT molecular complexity index is 1030. The number of benzene rings is 3. The number of hydrogen-bond donors (Lipinski definition) is 0. The summed E-state index contributed by atoms with van der Waals surface area (Å²) in [6, 6.07) is 32.6. The van der Waals surface area contributed by atoms with Crippen molar-refractivity contribution < 1.29 is 0 Å². The van der Waals surface area contributed by atoms with E-state index in [0.29, 0.717) is 0 Å². The van der Waals surface area contributed by atoms with Gasteiger partial charge in [0.2, 0.25) is 0 Å². The van der Waals surface area contributed by atoms with E-state index < -0.39 is 19.7 Å². The summed E-state index contributed by atoms with van der Waals surface area (Å²) < 4.78 is 4.23. The van der Waals surface area contributed by atoms with Crippen LogP contribution in [0.4, 0.5) is 0 Å². The van der Waals surface area contributed by atoms with E-state index in [1.165, 1.54) is 9.37 Å². The standard InChI is InChI=1S/3C6H5.C5H4N4S.Pb/c3*1-2-4-6-5-3-1;10-5-3-4(7-1-6-3)8-2-9-5;/h3*1-5H;1-3H,(H,6,7,8,9,10);/q;;;;+1/p-1. The Hall–Kier alpha value is -2.39. The van der Waals surface area contributed by atoms with Gasteiger partial charge in [0, 0.05) is 0 Å². The summed E-state index contributed by atoms with van der Waals surface area (Å²) in [7, 11) is 1.94. The summed E-state index contributed by atoms with van der Waals surface area (Å²) in [4.78, 5) is 17.9. The molecular formula is C23H18N4PbS. The molecule has 0 spiro atoms. The number of aliphatic imine (C=N–C) groups is 4. The molecule has 0 amide bonds. The minimum absolute atomic E-state index is 0.180. The summed E-state index contributed by atoms with van der Waals surface area (Å²) in [6.45, 7) is 0. The molecule has 2 aliphatic heterocycles. The minimum atomic E-state index is -3.68. The van der Waals surface area contributed by atoms with Crippen molar-refractivity contribution in [2.45, 2.75) is 6.04 Å². The summed E-state index contributed by atoms with van der Waals surface area (Å²) in [6.07, 6.45) is 3.22. The maximum absolute atomic E-state index is 4.68. The van der Waals surface area contributed by atoms with E-state index in [4.69, 9.17) is 0 Å². The Labute approximate surface area is 177 Å². The molecule has 3 aromatic rings. The molecule has 0 bridgehead atoms. The van der Waals surface area contributed by atoms with Gasteiger partial charge in [-0.25, -0.2) is 0 Å². The van der Waals surface area contributed by atoms with Gasteiger partial charge in [-0.3, -0.25) is 0 Å². The van der Waals surface area contributed by atoms with Gasteiger partial charge in [-0.1, -0.05) is 0 Å². The van der Waals surface area contributed by atoms with Crippen LogP contribution < -0.4 is 9.37 Å². The van der Waals surface area contributed by atoms with E-state index in [0.717, 1.165) is 10.9 Å². The van der Waals surface area contributed by atoms with Crippen molar-refractivity contribution in [3.63, 3.8) is 0 Å². The van der Waals surface area contributed by atoms with E-state index in [2.05, 4.69) is 111 Å². The van der Waals surface area contributed by atoms with Crippen molar-refractivity contribution in [1.29, 1.82) is 0 Å². The van der Waals surface area contributed by atoms with Gasteiger partial charge >= 0.3 is 178 Å². The fourth-order valence-corrected chi connectivity index (χ4v) is 29.7. The van der Waals surface area contributed by atoms with Gasteiger partial charge in [0.1, 0.15) is 0 Å². The maximum atomic E-state index is 4.68. The number of rotatable bonds is 4. The number of fused-ring (bicyclic) bond motifs is 1. The summed E-state index contributed by atoms with van der Waals surface area (Å²) in [5.74, 6) is 0.735. The van der Waals surface area contributed by atoms with Crippen LogP contribution in [0.1, 0.15) is 0 Å². The van der Waals surface area contributed by atoms with Crippen LogP contribution in [0.3, 0.4) is 0 Å². The van der Waals surface area contributed by atoms with Gasteiger partial charge in [0.05, 0.1) is 0 Å². The molecule has 1 unspecified atom stereocenters. The quantitative estimate of drug-likeness (QED) is 0.432. The molecule has 0 aromatic heterocycles. The zero-order valence-electron chi connectivity index (χ0n) is 15.6. The second kappa shape index (κ2) is 8.16. The van der Waals surface area contributed by atoms with E-state index in [1.54, 1.807) is 12.7 Å². The molecule has 3 aromatic carbocycles. The zero-order valence-corrected chi connectivity index (χ0v) is 20.3. The predicted octanol–water partition coefficient (Wildman–Crippen LogP) is 2.64. The fraction of sp³-hybridized carbons (Fsp3) is 0.0435. The Morgan fingerprint density at radius 3 is 1.66 bits per heavy atom. The average molecular weight is 590 g/mol. The molecule has 29 heavy (non-hydrogen) atoms.